The Morgan fingerprint density at radius 3 is 2.59 bits per heavy atom. The summed E-state index contributed by atoms with van der Waals surface area (Å²) in [7, 11) is 0. The predicted octanol–water partition coefficient (Wildman–Crippen LogP) is 3.28. The second-order valence-electron chi connectivity index (χ2n) is 5.59. The van der Waals surface area contributed by atoms with Gasteiger partial charge in [-0.15, -0.1) is 0 Å². The van der Waals surface area contributed by atoms with E-state index in [1.54, 1.807) is 18.5 Å². The Hall–Kier alpha value is -2.43. The average molecular weight is 296 g/mol. The first kappa shape index (κ1) is 14.5. The molecule has 1 amide bonds. The zero-order valence-corrected chi connectivity index (χ0v) is 12.5. The first-order valence-electron chi connectivity index (χ1n) is 7.76. The van der Waals surface area contributed by atoms with Crippen LogP contribution < -0.4 is 10.6 Å². The maximum absolute atomic E-state index is 12.3. The number of aromatic nitrogens is 2. The van der Waals surface area contributed by atoms with Gasteiger partial charge in [0.05, 0.1) is 0 Å². The number of benzene rings is 1. The zero-order valence-electron chi connectivity index (χ0n) is 12.5. The fraction of sp³-hybridized carbons (Fsp3) is 0.353. The van der Waals surface area contributed by atoms with Gasteiger partial charge in [0.1, 0.15) is 0 Å². The molecule has 0 spiro atoms. The third kappa shape index (κ3) is 3.81. The first-order valence-corrected chi connectivity index (χ1v) is 7.76. The van der Waals surface area contributed by atoms with Gasteiger partial charge in [-0.05, 0) is 37.1 Å². The summed E-state index contributed by atoms with van der Waals surface area (Å²) in [6.07, 6.45) is 9.21. The molecule has 1 aromatic heterocycles. The van der Waals surface area contributed by atoms with E-state index in [0.717, 1.165) is 18.5 Å². The molecule has 114 valence electrons. The molecule has 5 heteroatoms. The summed E-state index contributed by atoms with van der Waals surface area (Å²) in [5.74, 6) is 0.511. The minimum absolute atomic E-state index is 0.00969. The molecule has 1 fully saturated rings. The van der Waals surface area contributed by atoms with Crippen LogP contribution >= 0.6 is 0 Å². The Morgan fingerprint density at radius 2 is 1.82 bits per heavy atom. The Labute approximate surface area is 130 Å². The molecule has 1 aliphatic rings. The minimum atomic E-state index is -0.00969. The zero-order chi connectivity index (χ0) is 15.2. The van der Waals surface area contributed by atoms with Gasteiger partial charge in [0.25, 0.3) is 5.91 Å². The number of anilines is 2. The summed E-state index contributed by atoms with van der Waals surface area (Å²) in [4.78, 5) is 20.6. The monoisotopic (exact) mass is 296 g/mol. The topological polar surface area (TPSA) is 66.9 Å². The Balaban J connectivity index is 1.66. The number of nitrogens with one attached hydrogen (secondary N) is 2. The van der Waals surface area contributed by atoms with Crippen LogP contribution in [0.15, 0.2) is 42.7 Å². The second kappa shape index (κ2) is 7.02. The van der Waals surface area contributed by atoms with Gasteiger partial charge in [-0.2, -0.15) is 0 Å². The molecular formula is C17H20N4O. The van der Waals surface area contributed by atoms with E-state index in [1.807, 2.05) is 24.3 Å². The van der Waals surface area contributed by atoms with Crippen LogP contribution in [0, 0.1) is 0 Å². The van der Waals surface area contributed by atoms with Crippen LogP contribution in [0.2, 0.25) is 0 Å². The van der Waals surface area contributed by atoms with Crippen LogP contribution in [-0.2, 0) is 0 Å². The largest absolute Gasteiger partial charge is 0.349 e. The van der Waals surface area contributed by atoms with E-state index in [0.29, 0.717) is 17.6 Å². The molecule has 2 N–H and O–H groups in total. The first-order chi connectivity index (χ1) is 10.8. The third-order valence-corrected chi connectivity index (χ3v) is 3.89. The quantitative estimate of drug-likeness (QED) is 0.908. The van der Waals surface area contributed by atoms with Crippen LogP contribution in [-0.4, -0.2) is 21.9 Å². The number of rotatable bonds is 4. The van der Waals surface area contributed by atoms with Crippen molar-refractivity contribution in [3.8, 4) is 0 Å². The van der Waals surface area contributed by atoms with Gasteiger partial charge < -0.3 is 10.6 Å². The van der Waals surface area contributed by atoms with Crippen LogP contribution in [0.1, 0.15) is 42.5 Å². The Kier molecular flexibility index (Phi) is 4.63. The Bertz CT molecular complexity index is 624. The van der Waals surface area contributed by atoms with Crippen molar-refractivity contribution < 1.29 is 4.79 Å². The summed E-state index contributed by atoms with van der Waals surface area (Å²) in [6, 6.07) is 9.49. The van der Waals surface area contributed by atoms with E-state index >= 15 is 0 Å². The lowest BCUT2D eigenvalue weighted by Gasteiger charge is -2.22. The molecule has 0 radical (unpaired) electrons. The molecule has 0 unspecified atom stereocenters. The lowest BCUT2D eigenvalue weighted by atomic mass is 9.95. The van der Waals surface area contributed by atoms with Crippen LogP contribution in [0.5, 0.6) is 0 Å². The molecule has 1 saturated carbocycles. The standard InChI is InChI=1S/C17H20N4O/c22-16(20-14-7-2-1-3-8-14)13-6-4-9-15(12-13)21-17-18-10-5-11-19-17/h4-6,9-12,14H,1-3,7-8H2,(H,20,22)(H,18,19,21). The van der Waals surface area contributed by atoms with E-state index in [9.17, 15) is 4.79 Å². The molecule has 22 heavy (non-hydrogen) atoms. The highest BCUT2D eigenvalue weighted by molar-refractivity contribution is 5.95. The molecule has 0 saturated heterocycles. The van der Waals surface area contributed by atoms with Crippen molar-refractivity contribution in [2.24, 2.45) is 0 Å². The number of carbonyl (C=O) groups is 1. The van der Waals surface area contributed by atoms with Gasteiger partial charge in [-0.3, -0.25) is 4.79 Å². The molecule has 1 heterocycles. The van der Waals surface area contributed by atoms with E-state index in [1.165, 1.54) is 19.3 Å². The molecule has 1 aliphatic carbocycles. The number of hydrogen-bond acceptors (Lipinski definition) is 4. The number of hydrogen-bond donors (Lipinski definition) is 2. The van der Waals surface area contributed by atoms with Gasteiger partial charge in [0, 0.05) is 29.7 Å². The van der Waals surface area contributed by atoms with Gasteiger partial charge in [-0.1, -0.05) is 25.3 Å². The fourth-order valence-electron chi connectivity index (χ4n) is 2.75. The molecule has 0 bridgehead atoms. The van der Waals surface area contributed by atoms with Gasteiger partial charge >= 0.3 is 0 Å². The summed E-state index contributed by atoms with van der Waals surface area (Å²) in [6.45, 7) is 0. The van der Waals surface area contributed by atoms with Crippen molar-refractivity contribution in [3.63, 3.8) is 0 Å². The van der Waals surface area contributed by atoms with Crippen molar-refractivity contribution in [2.75, 3.05) is 5.32 Å². The smallest absolute Gasteiger partial charge is 0.251 e. The number of carbonyl (C=O) groups excluding carboxylic acids is 1. The Morgan fingerprint density at radius 1 is 1.05 bits per heavy atom. The van der Waals surface area contributed by atoms with E-state index in [2.05, 4.69) is 20.6 Å². The number of amides is 1. The van der Waals surface area contributed by atoms with Crippen molar-refractivity contribution in [1.29, 1.82) is 0 Å². The summed E-state index contributed by atoms with van der Waals surface area (Å²) < 4.78 is 0. The lowest BCUT2D eigenvalue weighted by molar-refractivity contribution is 0.0928. The van der Waals surface area contributed by atoms with Crippen molar-refractivity contribution in [2.45, 2.75) is 38.1 Å². The highest BCUT2D eigenvalue weighted by Gasteiger charge is 2.16. The van der Waals surface area contributed by atoms with Gasteiger partial charge in [0.15, 0.2) is 0 Å². The summed E-state index contributed by atoms with van der Waals surface area (Å²) in [5, 5.41) is 6.23. The lowest BCUT2D eigenvalue weighted by Crippen LogP contribution is -2.36. The molecule has 0 atom stereocenters. The molecule has 2 aromatic rings. The highest BCUT2D eigenvalue weighted by Crippen LogP contribution is 2.19. The molecule has 5 nitrogen and oxygen atoms in total. The van der Waals surface area contributed by atoms with E-state index in [4.69, 9.17) is 0 Å². The van der Waals surface area contributed by atoms with Crippen LogP contribution in [0.4, 0.5) is 11.6 Å². The van der Waals surface area contributed by atoms with Gasteiger partial charge in [0.2, 0.25) is 5.95 Å². The summed E-state index contributed by atoms with van der Waals surface area (Å²) >= 11 is 0. The average Bonchev–Trinajstić information content (AvgIpc) is 2.57. The van der Waals surface area contributed by atoms with Crippen molar-refractivity contribution in [1.82, 2.24) is 15.3 Å². The van der Waals surface area contributed by atoms with Crippen molar-refractivity contribution in [3.05, 3.63) is 48.3 Å². The van der Waals surface area contributed by atoms with Crippen LogP contribution in [0.3, 0.4) is 0 Å². The van der Waals surface area contributed by atoms with Crippen molar-refractivity contribution >= 4 is 17.5 Å². The maximum atomic E-state index is 12.3. The predicted molar refractivity (Wildman–Crippen MR) is 86.1 cm³/mol. The maximum Gasteiger partial charge on any atom is 0.251 e. The highest BCUT2D eigenvalue weighted by atomic mass is 16.1. The molecular weight excluding hydrogens is 276 g/mol. The van der Waals surface area contributed by atoms with Crippen LogP contribution in [0.25, 0.3) is 0 Å². The van der Waals surface area contributed by atoms with E-state index < -0.39 is 0 Å². The van der Waals surface area contributed by atoms with E-state index in [-0.39, 0.29) is 5.91 Å². The second-order valence-corrected chi connectivity index (χ2v) is 5.59. The molecule has 1 aromatic carbocycles. The normalized spacial score (nSPS) is 15.3. The SMILES string of the molecule is O=C(NC1CCCCC1)c1cccc(Nc2ncccn2)c1. The summed E-state index contributed by atoms with van der Waals surface area (Å²) in [5.41, 5.74) is 1.47. The fourth-order valence-corrected chi connectivity index (χ4v) is 2.75. The third-order valence-electron chi connectivity index (χ3n) is 3.89. The minimum Gasteiger partial charge on any atom is -0.349 e. The molecule has 3 rings (SSSR count). The molecule has 0 aliphatic heterocycles. The number of nitrogens with zero attached hydrogens (tertiary/aromatic N) is 2. The van der Waals surface area contributed by atoms with Gasteiger partial charge in [-0.25, -0.2) is 9.97 Å².